The summed E-state index contributed by atoms with van der Waals surface area (Å²) in [4.78, 5) is 11.8. The van der Waals surface area contributed by atoms with E-state index in [-0.39, 0.29) is 0 Å². The summed E-state index contributed by atoms with van der Waals surface area (Å²) >= 11 is 0. The van der Waals surface area contributed by atoms with E-state index in [2.05, 4.69) is 44.0 Å². The Kier molecular flexibility index (Phi) is 4.02. The summed E-state index contributed by atoms with van der Waals surface area (Å²) in [7, 11) is 0. The van der Waals surface area contributed by atoms with E-state index >= 15 is 0 Å². The first-order valence-corrected chi connectivity index (χ1v) is 9.60. The third-order valence-electron chi connectivity index (χ3n) is 5.87. The van der Waals surface area contributed by atoms with Gasteiger partial charge in [-0.3, -0.25) is 4.98 Å². The second kappa shape index (κ2) is 6.67. The third kappa shape index (κ3) is 2.94. The molecule has 6 nitrogen and oxygen atoms in total. The predicted molar refractivity (Wildman–Crippen MR) is 105 cm³/mol. The summed E-state index contributed by atoms with van der Waals surface area (Å²) in [5, 5.41) is 12.6. The van der Waals surface area contributed by atoms with Crippen molar-refractivity contribution in [1.29, 1.82) is 5.26 Å². The van der Waals surface area contributed by atoms with Gasteiger partial charge in [-0.05, 0) is 49.6 Å². The molecule has 2 atom stereocenters. The molecule has 27 heavy (non-hydrogen) atoms. The van der Waals surface area contributed by atoms with Gasteiger partial charge in [0.15, 0.2) is 0 Å². The van der Waals surface area contributed by atoms with Crippen molar-refractivity contribution in [3.05, 3.63) is 53.9 Å². The molecular weight excluding hydrogens is 336 g/mol. The summed E-state index contributed by atoms with van der Waals surface area (Å²) in [5.41, 5.74) is 3.67. The highest BCUT2D eigenvalue weighted by atomic mass is 15.3. The van der Waals surface area contributed by atoms with Gasteiger partial charge in [0.1, 0.15) is 6.07 Å². The lowest BCUT2D eigenvalue weighted by molar-refractivity contribution is 0.369. The molecule has 0 spiro atoms. The number of hydrogen-bond donors (Lipinski definition) is 1. The van der Waals surface area contributed by atoms with Gasteiger partial charge in [0.2, 0.25) is 5.95 Å². The molecule has 0 saturated carbocycles. The van der Waals surface area contributed by atoms with Gasteiger partial charge in [-0.15, -0.1) is 0 Å². The zero-order valence-electron chi connectivity index (χ0n) is 15.2. The van der Waals surface area contributed by atoms with Crippen LogP contribution in [-0.4, -0.2) is 40.2 Å². The maximum Gasteiger partial charge on any atom is 0.206 e. The van der Waals surface area contributed by atoms with Crippen LogP contribution in [0, 0.1) is 17.2 Å². The molecular formula is C21H22N6. The maximum absolute atomic E-state index is 9.00. The minimum atomic E-state index is 0.569. The predicted octanol–water partition coefficient (Wildman–Crippen LogP) is 2.54. The fraction of sp³-hybridized carbons (Fsp3) is 0.381. The van der Waals surface area contributed by atoms with Gasteiger partial charge >= 0.3 is 0 Å². The first kappa shape index (κ1) is 16.3. The Morgan fingerprint density at radius 2 is 2.11 bits per heavy atom. The van der Waals surface area contributed by atoms with E-state index in [4.69, 9.17) is 10.2 Å². The quantitative estimate of drug-likeness (QED) is 0.779. The summed E-state index contributed by atoms with van der Waals surface area (Å²) in [5.74, 6) is 1.83. The van der Waals surface area contributed by atoms with E-state index in [0.717, 1.165) is 48.2 Å². The van der Waals surface area contributed by atoms with Crippen LogP contribution in [0.15, 0.2) is 42.6 Å². The summed E-state index contributed by atoms with van der Waals surface area (Å²) in [6.45, 7) is 3.84. The SMILES string of the molecule is N#Cc1ccc(Cn2c(N3CC[C@H]4CCN[C@H]4C3)nc3ccccc32)nc1. The molecule has 3 aromatic rings. The monoisotopic (exact) mass is 358 g/mol. The van der Waals surface area contributed by atoms with E-state index in [1.54, 1.807) is 6.20 Å². The molecule has 0 radical (unpaired) electrons. The van der Waals surface area contributed by atoms with Gasteiger partial charge in [0.25, 0.3) is 0 Å². The van der Waals surface area contributed by atoms with Crippen LogP contribution >= 0.6 is 0 Å². The highest BCUT2D eigenvalue weighted by molar-refractivity contribution is 5.79. The molecule has 0 unspecified atom stereocenters. The van der Waals surface area contributed by atoms with Crippen LogP contribution < -0.4 is 10.2 Å². The highest BCUT2D eigenvalue weighted by Crippen LogP contribution is 2.30. The van der Waals surface area contributed by atoms with Crippen LogP contribution in [0.2, 0.25) is 0 Å². The molecule has 2 fully saturated rings. The summed E-state index contributed by atoms with van der Waals surface area (Å²) < 4.78 is 2.26. The zero-order valence-corrected chi connectivity index (χ0v) is 15.2. The van der Waals surface area contributed by atoms with Gasteiger partial charge in [-0.2, -0.15) is 5.26 Å². The van der Waals surface area contributed by atoms with Crippen molar-refractivity contribution in [2.24, 2.45) is 5.92 Å². The van der Waals surface area contributed by atoms with E-state index < -0.39 is 0 Å². The molecule has 2 aliphatic heterocycles. The number of aromatic nitrogens is 3. The van der Waals surface area contributed by atoms with E-state index in [0.29, 0.717) is 18.2 Å². The Morgan fingerprint density at radius 1 is 1.19 bits per heavy atom. The van der Waals surface area contributed by atoms with Crippen LogP contribution in [0.25, 0.3) is 11.0 Å². The number of piperidine rings is 1. The molecule has 2 saturated heterocycles. The average molecular weight is 358 g/mol. The second-order valence-electron chi connectivity index (χ2n) is 7.48. The molecule has 6 heteroatoms. The number of imidazole rings is 1. The number of nitrogens with one attached hydrogen (secondary N) is 1. The number of hydrogen-bond acceptors (Lipinski definition) is 5. The highest BCUT2D eigenvalue weighted by Gasteiger charge is 2.34. The van der Waals surface area contributed by atoms with Gasteiger partial charge in [0.05, 0.1) is 28.8 Å². The Balaban J connectivity index is 1.51. The Hall–Kier alpha value is -2.91. The largest absolute Gasteiger partial charge is 0.341 e. The number of para-hydroxylation sites is 2. The van der Waals surface area contributed by atoms with Crippen molar-refractivity contribution < 1.29 is 0 Å². The van der Waals surface area contributed by atoms with Crippen LogP contribution in [-0.2, 0) is 6.54 Å². The number of benzene rings is 1. The van der Waals surface area contributed by atoms with Crippen LogP contribution in [0.3, 0.4) is 0 Å². The van der Waals surface area contributed by atoms with Crippen LogP contribution in [0.1, 0.15) is 24.1 Å². The standard InChI is InChI=1S/C21H22N6/c22-11-15-5-6-17(24-12-15)13-27-20-4-2-1-3-18(20)25-21(27)26-10-8-16-7-9-23-19(16)14-26/h1-6,12,16,19,23H,7-10,13-14H2/t16-,19+/m1/s1. The summed E-state index contributed by atoms with van der Waals surface area (Å²) in [6.07, 6.45) is 4.15. The molecule has 136 valence electrons. The van der Waals surface area contributed by atoms with Crippen LogP contribution in [0.5, 0.6) is 0 Å². The number of fused-ring (bicyclic) bond motifs is 2. The molecule has 1 N–H and O–H groups in total. The van der Waals surface area contributed by atoms with Gasteiger partial charge in [-0.25, -0.2) is 4.98 Å². The first-order chi connectivity index (χ1) is 13.3. The Morgan fingerprint density at radius 3 is 2.96 bits per heavy atom. The molecule has 2 aliphatic rings. The van der Waals surface area contributed by atoms with Crippen molar-refractivity contribution in [2.45, 2.75) is 25.4 Å². The van der Waals surface area contributed by atoms with Crippen molar-refractivity contribution in [3.63, 3.8) is 0 Å². The zero-order chi connectivity index (χ0) is 18.2. The molecule has 0 bridgehead atoms. The fourth-order valence-electron chi connectivity index (χ4n) is 4.42. The smallest absolute Gasteiger partial charge is 0.206 e. The molecule has 2 aromatic heterocycles. The lowest BCUT2D eigenvalue weighted by atomic mass is 9.93. The second-order valence-corrected chi connectivity index (χ2v) is 7.48. The van der Waals surface area contributed by atoms with Crippen molar-refractivity contribution in [2.75, 3.05) is 24.5 Å². The van der Waals surface area contributed by atoms with E-state index in [1.165, 1.54) is 12.8 Å². The van der Waals surface area contributed by atoms with Gasteiger partial charge in [0, 0.05) is 25.3 Å². The molecule has 5 rings (SSSR count). The van der Waals surface area contributed by atoms with Crippen molar-refractivity contribution >= 4 is 17.0 Å². The third-order valence-corrected chi connectivity index (χ3v) is 5.87. The van der Waals surface area contributed by atoms with Gasteiger partial charge in [-0.1, -0.05) is 12.1 Å². The molecule has 4 heterocycles. The molecule has 0 amide bonds. The minimum Gasteiger partial charge on any atom is -0.341 e. The normalized spacial score (nSPS) is 22.0. The Bertz CT molecular complexity index is 1000. The Labute approximate surface area is 158 Å². The number of nitrogens with zero attached hydrogens (tertiary/aromatic N) is 5. The number of anilines is 1. The maximum atomic E-state index is 9.00. The fourth-order valence-corrected chi connectivity index (χ4v) is 4.42. The first-order valence-electron chi connectivity index (χ1n) is 9.60. The van der Waals surface area contributed by atoms with Gasteiger partial charge < -0.3 is 14.8 Å². The lowest BCUT2D eigenvalue weighted by Gasteiger charge is -2.35. The van der Waals surface area contributed by atoms with Crippen LogP contribution in [0.4, 0.5) is 5.95 Å². The topological polar surface area (TPSA) is 69.8 Å². The van der Waals surface area contributed by atoms with Crippen molar-refractivity contribution in [3.8, 4) is 6.07 Å². The minimum absolute atomic E-state index is 0.569. The molecule has 1 aromatic carbocycles. The molecule has 0 aliphatic carbocycles. The van der Waals surface area contributed by atoms with Crippen molar-refractivity contribution in [1.82, 2.24) is 19.9 Å². The number of rotatable bonds is 3. The summed E-state index contributed by atoms with van der Waals surface area (Å²) in [6, 6.07) is 14.7. The lowest BCUT2D eigenvalue weighted by Crippen LogP contribution is -2.47. The average Bonchev–Trinajstić information content (AvgIpc) is 3.33. The van der Waals surface area contributed by atoms with E-state index in [9.17, 15) is 0 Å². The number of pyridine rings is 1. The van der Waals surface area contributed by atoms with E-state index in [1.807, 2.05) is 18.2 Å². The number of nitriles is 1.